The van der Waals surface area contributed by atoms with Crippen LogP contribution in [0.3, 0.4) is 0 Å². The third kappa shape index (κ3) is 5.19. The average molecular weight is 470 g/mol. The van der Waals surface area contributed by atoms with Crippen LogP contribution in [0.2, 0.25) is 0 Å². The highest BCUT2D eigenvalue weighted by molar-refractivity contribution is 7.92. The van der Waals surface area contributed by atoms with Crippen LogP contribution in [0.15, 0.2) is 59.6 Å². The van der Waals surface area contributed by atoms with Crippen LogP contribution >= 0.6 is 0 Å². The number of nitrogens with zero attached hydrogens (tertiary/aromatic N) is 2. The van der Waals surface area contributed by atoms with Crippen LogP contribution in [-0.4, -0.2) is 55.1 Å². The van der Waals surface area contributed by atoms with Crippen LogP contribution < -0.4 is 10.1 Å². The standard InChI is InChI=1S/C24H27N3O5S/c1-2-32-19-11-9-18(10-12-19)25-23(28)17-33(30,31)22-15-27(21-8-4-3-7-20(21)22)16-24(29)26-13-5-6-14-26/h3-4,7-12,15H,2,5-6,13-14,16-17H2,1H3,(H,25,28). The van der Waals surface area contributed by atoms with Gasteiger partial charge in [-0.1, -0.05) is 18.2 Å². The summed E-state index contributed by atoms with van der Waals surface area (Å²) in [6.45, 7) is 3.93. The molecular formula is C24H27N3O5S. The van der Waals surface area contributed by atoms with Crippen molar-refractivity contribution in [1.82, 2.24) is 9.47 Å². The van der Waals surface area contributed by atoms with Gasteiger partial charge in [-0.2, -0.15) is 0 Å². The molecule has 0 bridgehead atoms. The zero-order valence-corrected chi connectivity index (χ0v) is 19.3. The molecule has 2 amide bonds. The summed E-state index contributed by atoms with van der Waals surface area (Å²) in [6, 6.07) is 13.8. The van der Waals surface area contributed by atoms with Crippen LogP contribution in [0.4, 0.5) is 5.69 Å². The second-order valence-corrected chi connectivity index (χ2v) is 9.95. The summed E-state index contributed by atoms with van der Waals surface area (Å²) in [5.74, 6) is -0.706. The lowest BCUT2D eigenvalue weighted by Crippen LogP contribution is -2.30. The van der Waals surface area contributed by atoms with Crippen molar-refractivity contribution in [2.24, 2.45) is 0 Å². The average Bonchev–Trinajstić information content (AvgIpc) is 3.44. The van der Waals surface area contributed by atoms with E-state index in [1.54, 1.807) is 58.0 Å². The molecule has 0 spiro atoms. The van der Waals surface area contributed by atoms with Gasteiger partial charge in [0.25, 0.3) is 0 Å². The number of likely N-dealkylation sites (tertiary alicyclic amines) is 1. The molecule has 0 unspecified atom stereocenters. The van der Waals surface area contributed by atoms with Gasteiger partial charge in [0.15, 0.2) is 9.84 Å². The molecule has 1 N–H and O–H groups in total. The molecule has 0 aliphatic carbocycles. The number of ether oxygens (including phenoxy) is 1. The van der Waals surface area contributed by atoms with Crippen LogP contribution in [0.5, 0.6) is 5.75 Å². The fourth-order valence-electron chi connectivity index (χ4n) is 4.05. The van der Waals surface area contributed by atoms with E-state index in [2.05, 4.69) is 5.32 Å². The van der Waals surface area contributed by atoms with Crippen molar-refractivity contribution in [1.29, 1.82) is 0 Å². The van der Waals surface area contributed by atoms with Crippen molar-refractivity contribution in [2.75, 3.05) is 30.8 Å². The second-order valence-electron chi connectivity index (χ2n) is 7.99. The Morgan fingerprint density at radius 2 is 1.73 bits per heavy atom. The van der Waals surface area contributed by atoms with Crippen LogP contribution in [0.1, 0.15) is 19.8 Å². The van der Waals surface area contributed by atoms with Crippen molar-refractivity contribution in [3.8, 4) is 5.75 Å². The van der Waals surface area contributed by atoms with Crippen LogP contribution in [-0.2, 0) is 26.0 Å². The molecule has 2 heterocycles. The molecule has 1 fully saturated rings. The van der Waals surface area contributed by atoms with Gasteiger partial charge in [-0.25, -0.2) is 8.42 Å². The van der Waals surface area contributed by atoms with E-state index in [9.17, 15) is 18.0 Å². The van der Waals surface area contributed by atoms with Crippen molar-refractivity contribution in [3.63, 3.8) is 0 Å². The number of rotatable bonds is 8. The molecule has 1 aliphatic heterocycles. The first-order valence-electron chi connectivity index (χ1n) is 11.0. The number of anilines is 1. The Bertz CT molecular complexity index is 1260. The lowest BCUT2D eigenvalue weighted by Gasteiger charge is -2.15. The van der Waals surface area contributed by atoms with E-state index in [4.69, 9.17) is 4.74 Å². The number of fused-ring (bicyclic) bond motifs is 1. The number of carbonyl (C=O) groups is 2. The second kappa shape index (κ2) is 9.66. The lowest BCUT2D eigenvalue weighted by atomic mass is 10.2. The summed E-state index contributed by atoms with van der Waals surface area (Å²) in [4.78, 5) is 27.0. The quantitative estimate of drug-likeness (QED) is 0.547. The molecule has 1 aliphatic rings. The molecule has 9 heteroatoms. The van der Waals surface area contributed by atoms with E-state index in [-0.39, 0.29) is 17.3 Å². The van der Waals surface area contributed by atoms with E-state index in [0.29, 0.717) is 28.9 Å². The van der Waals surface area contributed by atoms with Crippen molar-refractivity contribution in [2.45, 2.75) is 31.2 Å². The van der Waals surface area contributed by atoms with Crippen molar-refractivity contribution in [3.05, 3.63) is 54.7 Å². The Kier molecular flexibility index (Phi) is 6.69. The Hall–Kier alpha value is -3.33. The summed E-state index contributed by atoms with van der Waals surface area (Å²) in [5.41, 5.74) is 1.13. The smallest absolute Gasteiger partial charge is 0.242 e. The largest absolute Gasteiger partial charge is 0.494 e. The van der Waals surface area contributed by atoms with Gasteiger partial charge in [0.1, 0.15) is 18.0 Å². The van der Waals surface area contributed by atoms with Crippen molar-refractivity contribution >= 4 is 38.2 Å². The highest BCUT2D eigenvalue weighted by atomic mass is 32.2. The number of aromatic nitrogens is 1. The Morgan fingerprint density at radius 3 is 2.42 bits per heavy atom. The SMILES string of the molecule is CCOc1ccc(NC(=O)CS(=O)(=O)c2cn(CC(=O)N3CCCC3)c3ccccc23)cc1. The van der Waals surface area contributed by atoms with E-state index in [0.717, 1.165) is 25.9 Å². The highest BCUT2D eigenvalue weighted by Crippen LogP contribution is 2.27. The molecule has 33 heavy (non-hydrogen) atoms. The van der Waals surface area contributed by atoms with Gasteiger partial charge in [0, 0.05) is 35.9 Å². The number of nitrogens with one attached hydrogen (secondary N) is 1. The number of benzene rings is 2. The normalized spacial score (nSPS) is 13.9. The van der Waals surface area contributed by atoms with E-state index < -0.39 is 21.5 Å². The van der Waals surface area contributed by atoms with Crippen LogP contribution in [0, 0.1) is 0 Å². The monoisotopic (exact) mass is 469 g/mol. The number of sulfone groups is 1. The van der Waals surface area contributed by atoms with Gasteiger partial charge in [-0.05, 0) is 50.1 Å². The molecule has 2 aromatic carbocycles. The summed E-state index contributed by atoms with van der Waals surface area (Å²) < 4.78 is 33.3. The van der Waals surface area contributed by atoms with Crippen molar-refractivity contribution < 1.29 is 22.7 Å². The topological polar surface area (TPSA) is 97.7 Å². The summed E-state index contributed by atoms with van der Waals surface area (Å²) in [6.07, 6.45) is 3.45. The molecule has 0 radical (unpaired) electrons. The predicted molar refractivity (Wildman–Crippen MR) is 126 cm³/mol. The van der Waals surface area contributed by atoms with E-state index in [1.807, 2.05) is 6.92 Å². The molecule has 174 valence electrons. The molecule has 3 aromatic rings. The molecule has 1 saturated heterocycles. The summed E-state index contributed by atoms with van der Waals surface area (Å²) >= 11 is 0. The third-order valence-corrected chi connectivity index (χ3v) is 7.26. The Balaban J connectivity index is 1.53. The minimum absolute atomic E-state index is 0.0366. The molecule has 1 aromatic heterocycles. The predicted octanol–water partition coefficient (Wildman–Crippen LogP) is 3.07. The molecule has 8 nitrogen and oxygen atoms in total. The Labute approximate surface area is 193 Å². The fraction of sp³-hybridized carbons (Fsp3) is 0.333. The fourth-order valence-corrected chi connectivity index (χ4v) is 5.42. The summed E-state index contributed by atoms with van der Waals surface area (Å²) in [7, 11) is -3.94. The first kappa shape index (κ1) is 22.8. The maximum Gasteiger partial charge on any atom is 0.242 e. The molecule has 4 rings (SSSR count). The minimum Gasteiger partial charge on any atom is -0.494 e. The zero-order valence-electron chi connectivity index (χ0n) is 18.5. The van der Waals surface area contributed by atoms with Gasteiger partial charge in [0.05, 0.1) is 11.5 Å². The first-order valence-corrected chi connectivity index (χ1v) is 12.6. The number of hydrogen-bond acceptors (Lipinski definition) is 5. The number of amides is 2. The summed E-state index contributed by atoms with van der Waals surface area (Å²) in [5, 5.41) is 3.12. The van der Waals surface area contributed by atoms with E-state index in [1.165, 1.54) is 6.20 Å². The maximum atomic E-state index is 13.2. The Morgan fingerprint density at radius 1 is 1.03 bits per heavy atom. The van der Waals surface area contributed by atoms with Gasteiger partial charge < -0.3 is 19.5 Å². The van der Waals surface area contributed by atoms with E-state index >= 15 is 0 Å². The maximum absolute atomic E-state index is 13.2. The number of para-hydroxylation sites is 1. The molecular weight excluding hydrogens is 442 g/mol. The van der Waals surface area contributed by atoms with Gasteiger partial charge in [-0.3, -0.25) is 9.59 Å². The van der Waals surface area contributed by atoms with Gasteiger partial charge in [0.2, 0.25) is 11.8 Å². The first-order chi connectivity index (χ1) is 15.9. The third-order valence-electron chi connectivity index (χ3n) is 5.62. The zero-order chi connectivity index (χ0) is 23.4. The molecule has 0 atom stereocenters. The number of carbonyl (C=O) groups excluding carboxylic acids is 2. The molecule has 0 saturated carbocycles. The van der Waals surface area contributed by atoms with Gasteiger partial charge >= 0.3 is 0 Å². The number of hydrogen-bond donors (Lipinski definition) is 1. The highest BCUT2D eigenvalue weighted by Gasteiger charge is 2.26. The lowest BCUT2D eigenvalue weighted by molar-refractivity contribution is -0.130. The van der Waals surface area contributed by atoms with Crippen LogP contribution in [0.25, 0.3) is 10.9 Å². The minimum atomic E-state index is -3.94. The van der Waals surface area contributed by atoms with Gasteiger partial charge in [-0.15, -0.1) is 0 Å².